The summed E-state index contributed by atoms with van der Waals surface area (Å²) in [4.78, 5) is 15.9. The van der Waals surface area contributed by atoms with E-state index in [1.54, 1.807) is 6.92 Å². The normalized spacial score (nSPS) is 26.0. The van der Waals surface area contributed by atoms with Crippen LogP contribution in [0, 0.1) is 0 Å². The maximum absolute atomic E-state index is 11.5. The molecule has 2 rings (SSSR count). The molecule has 1 heterocycles. The number of rotatable bonds is 5. The van der Waals surface area contributed by atoms with Crippen molar-refractivity contribution in [2.75, 3.05) is 26.2 Å². The molecule has 0 aromatic rings. The average Bonchev–Trinajstić information content (AvgIpc) is 2.98. The van der Waals surface area contributed by atoms with E-state index in [1.165, 1.54) is 19.3 Å². The summed E-state index contributed by atoms with van der Waals surface area (Å²) in [5.74, 6) is 0.207. The van der Waals surface area contributed by atoms with Crippen LogP contribution >= 0.6 is 0 Å². The Bertz CT molecular complexity index is 253. The van der Waals surface area contributed by atoms with Crippen molar-refractivity contribution in [3.63, 3.8) is 0 Å². The standard InChI is InChI=1S/C12H22N2O2/c1-10(16)14(11-4-5-11)9-12-3-2-6-13(12)7-8-15/h11-12,15H,2-9H2,1H3/t12-/m0/s1. The van der Waals surface area contributed by atoms with Crippen LogP contribution in [0.25, 0.3) is 0 Å². The molecule has 0 aromatic carbocycles. The van der Waals surface area contributed by atoms with Crippen LogP contribution in [-0.2, 0) is 4.79 Å². The predicted molar refractivity (Wildman–Crippen MR) is 62.1 cm³/mol. The molecule has 1 amide bonds. The third-order valence-corrected chi connectivity index (χ3v) is 3.69. The highest BCUT2D eigenvalue weighted by molar-refractivity contribution is 5.74. The molecule has 1 aliphatic carbocycles. The highest BCUT2D eigenvalue weighted by Gasteiger charge is 2.34. The summed E-state index contributed by atoms with van der Waals surface area (Å²) in [5.41, 5.74) is 0. The molecule has 0 bridgehead atoms. The van der Waals surface area contributed by atoms with Crippen molar-refractivity contribution in [1.82, 2.24) is 9.80 Å². The largest absolute Gasteiger partial charge is 0.395 e. The van der Waals surface area contributed by atoms with Crippen LogP contribution in [-0.4, -0.2) is 59.1 Å². The maximum atomic E-state index is 11.5. The molecule has 1 N–H and O–H groups in total. The lowest BCUT2D eigenvalue weighted by molar-refractivity contribution is -0.130. The molecular weight excluding hydrogens is 204 g/mol. The molecule has 16 heavy (non-hydrogen) atoms. The summed E-state index contributed by atoms with van der Waals surface area (Å²) in [5, 5.41) is 8.99. The highest BCUT2D eigenvalue weighted by Crippen LogP contribution is 2.29. The molecule has 1 aliphatic heterocycles. The Morgan fingerprint density at radius 3 is 2.75 bits per heavy atom. The molecule has 1 saturated carbocycles. The van der Waals surface area contributed by atoms with Gasteiger partial charge in [-0.1, -0.05) is 0 Å². The number of β-amino-alcohol motifs (C(OH)–C–C–N with tert-alkyl or cyclic N) is 1. The van der Waals surface area contributed by atoms with E-state index in [4.69, 9.17) is 5.11 Å². The van der Waals surface area contributed by atoms with E-state index in [0.717, 1.165) is 26.1 Å². The monoisotopic (exact) mass is 226 g/mol. The van der Waals surface area contributed by atoms with Crippen LogP contribution in [0.2, 0.25) is 0 Å². The summed E-state index contributed by atoms with van der Waals surface area (Å²) in [6.07, 6.45) is 4.70. The third-order valence-electron chi connectivity index (χ3n) is 3.69. The summed E-state index contributed by atoms with van der Waals surface area (Å²) < 4.78 is 0. The molecule has 2 aliphatic rings. The minimum Gasteiger partial charge on any atom is -0.395 e. The number of hydrogen-bond acceptors (Lipinski definition) is 3. The molecule has 4 heteroatoms. The first-order valence-electron chi connectivity index (χ1n) is 6.34. The van der Waals surface area contributed by atoms with Crippen molar-refractivity contribution in [3.8, 4) is 0 Å². The smallest absolute Gasteiger partial charge is 0.219 e. The molecule has 1 atom stereocenters. The van der Waals surface area contributed by atoms with Gasteiger partial charge in [-0.3, -0.25) is 9.69 Å². The van der Waals surface area contributed by atoms with Gasteiger partial charge in [0.2, 0.25) is 5.91 Å². The minimum atomic E-state index is 0.207. The number of hydrogen-bond donors (Lipinski definition) is 1. The van der Waals surface area contributed by atoms with Gasteiger partial charge < -0.3 is 10.0 Å². The van der Waals surface area contributed by atoms with Crippen LogP contribution in [0.3, 0.4) is 0 Å². The number of carbonyl (C=O) groups is 1. The number of aliphatic hydroxyl groups excluding tert-OH is 1. The zero-order valence-electron chi connectivity index (χ0n) is 10.1. The molecule has 4 nitrogen and oxygen atoms in total. The van der Waals surface area contributed by atoms with Gasteiger partial charge in [-0.05, 0) is 32.2 Å². The quantitative estimate of drug-likeness (QED) is 0.740. The second-order valence-corrected chi connectivity index (χ2v) is 4.96. The van der Waals surface area contributed by atoms with E-state index in [9.17, 15) is 4.79 Å². The van der Waals surface area contributed by atoms with Crippen LogP contribution in [0.15, 0.2) is 0 Å². The molecule has 2 fully saturated rings. The van der Waals surface area contributed by atoms with E-state index in [0.29, 0.717) is 12.1 Å². The number of likely N-dealkylation sites (tertiary alicyclic amines) is 1. The van der Waals surface area contributed by atoms with Crippen LogP contribution in [0.1, 0.15) is 32.6 Å². The summed E-state index contributed by atoms with van der Waals surface area (Å²) in [7, 11) is 0. The van der Waals surface area contributed by atoms with Gasteiger partial charge in [-0.25, -0.2) is 0 Å². The Morgan fingerprint density at radius 2 is 2.19 bits per heavy atom. The van der Waals surface area contributed by atoms with Gasteiger partial charge in [-0.15, -0.1) is 0 Å². The van der Waals surface area contributed by atoms with Gasteiger partial charge in [0.1, 0.15) is 0 Å². The van der Waals surface area contributed by atoms with E-state index in [-0.39, 0.29) is 12.5 Å². The second kappa shape index (κ2) is 5.15. The molecular formula is C12H22N2O2. The van der Waals surface area contributed by atoms with Crippen LogP contribution < -0.4 is 0 Å². The van der Waals surface area contributed by atoms with Gasteiger partial charge in [0.25, 0.3) is 0 Å². The lowest BCUT2D eigenvalue weighted by Gasteiger charge is -2.30. The average molecular weight is 226 g/mol. The van der Waals surface area contributed by atoms with Crippen LogP contribution in [0.4, 0.5) is 0 Å². The fraction of sp³-hybridized carbons (Fsp3) is 0.917. The molecule has 0 spiro atoms. The Kier molecular flexibility index (Phi) is 3.82. The van der Waals surface area contributed by atoms with Crippen molar-refractivity contribution < 1.29 is 9.90 Å². The lowest BCUT2D eigenvalue weighted by Crippen LogP contribution is -2.44. The maximum Gasteiger partial charge on any atom is 0.219 e. The van der Waals surface area contributed by atoms with Crippen molar-refractivity contribution >= 4 is 5.91 Å². The molecule has 0 unspecified atom stereocenters. The van der Waals surface area contributed by atoms with E-state index in [2.05, 4.69) is 4.90 Å². The topological polar surface area (TPSA) is 43.8 Å². The fourth-order valence-electron chi connectivity index (χ4n) is 2.67. The molecule has 1 saturated heterocycles. The van der Waals surface area contributed by atoms with E-state index in [1.807, 2.05) is 4.90 Å². The zero-order chi connectivity index (χ0) is 11.5. The minimum absolute atomic E-state index is 0.207. The molecule has 0 aromatic heterocycles. The zero-order valence-corrected chi connectivity index (χ0v) is 10.1. The van der Waals surface area contributed by atoms with E-state index < -0.39 is 0 Å². The van der Waals surface area contributed by atoms with Gasteiger partial charge in [0.15, 0.2) is 0 Å². The van der Waals surface area contributed by atoms with Crippen molar-refractivity contribution in [2.45, 2.75) is 44.7 Å². The van der Waals surface area contributed by atoms with Gasteiger partial charge in [0, 0.05) is 32.1 Å². The lowest BCUT2D eigenvalue weighted by atomic mass is 10.2. The second-order valence-electron chi connectivity index (χ2n) is 4.96. The third kappa shape index (κ3) is 2.74. The SMILES string of the molecule is CC(=O)N(C[C@@H]1CCCN1CCO)C1CC1. The number of nitrogens with zero attached hydrogens (tertiary/aromatic N) is 2. The highest BCUT2D eigenvalue weighted by atomic mass is 16.3. The Hall–Kier alpha value is -0.610. The first-order chi connectivity index (χ1) is 7.72. The Balaban J connectivity index is 1.88. The number of amides is 1. The van der Waals surface area contributed by atoms with Gasteiger partial charge in [0.05, 0.1) is 6.61 Å². The first kappa shape index (κ1) is 11.9. The summed E-state index contributed by atoms with van der Waals surface area (Å²) in [6.45, 7) is 4.58. The van der Waals surface area contributed by atoms with Gasteiger partial charge in [-0.2, -0.15) is 0 Å². The number of carbonyl (C=O) groups excluding carboxylic acids is 1. The molecule has 92 valence electrons. The Labute approximate surface area is 97.2 Å². The molecule has 0 radical (unpaired) electrons. The fourth-order valence-corrected chi connectivity index (χ4v) is 2.67. The van der Waals surface area contributed by atoms with Gasteiger partial charge >= 0.3 is 0 Å². The summed E-state index contributed by atoms with van der Waals surface area (Å²) >= 11 is 0. The van der Waals surface area contributed by atoms with Crippen molar-refractivity contribution in [2.24, 2.45) is 0 Å². The summed E-state index contributed by atoms with van der Waals surface area (Å²) in [6, 6.07) is 0.978. The van der Waals surface area contributed by atoms with Crippen LogP contribution in [0.5, 0.6) is 0 Å². The Morgan fingerprint density at radius 1 is 1.44 bits per heavy atom. The van der Waals surface area contributed by atoms with Crippen molar-refractivity contribution in [1.29, 1.82) is 0 Å². The van der Waals surface area contributed by atoms with E-state index >= 15 is 0 Å². The predicted octanol–water partition coefficient (Wildman–Crippen LogP) is 0.454. The number of aliphatic hydroxyl groups is 1. The first-order valence-corrected chi connectivity index (χ1v) is 6.34. The van der Waals surface area contributed by atoms with Crippen molar-refractivity contribution in [3.05, 3.63) is 0 Å².